The molecule has 144 valence electrons. The third-order valence-electron chi connectivity index (χ3n) is 5.05. The molecule has 0 unspecified atom stereocenters. The number of methoxy groups -OCH3 is 2. The highest BCUT2D eigenvalue weighted by Crippen LogP contribution is 2.28. The van der Waals surface area contributed by atoms with E-state index in [1.165, 1.54) is 10.5 Å². The molecule has 1 saturated heterocycles. The summed E-state index contributed by atoms with van der Waals surface area (Å²) in [4.78, 5) is 15.4. The number of rotatable bonds is 7. The van der Waals surface area contributed by atoms with Crippen LogP contribution in [-0.4, -0.2) is 52.9 Å². The van der Waals surface area contributed by atoms with Gasteiger partial charge in [-0.2, -0.15) is 0 Å². The Bertz CT molecular complexity index is 744. The fraction of sp³-hybridized carbons (Fsp3) is 0.381. The molecule has 1 aliphatic heterocycles. The minimum absolute atomic E-state index is 0.00284. The highest BCUT2D eigenvalue weighted by Gasteiger charge is 2.25. The van der Waals surface area contributed by atoms with Gasteiger partial charge >= 0.3 is 0 Å². The molecule has 0 radical (unpaired) electrons. The van der Waals surface area contributed by atoms with Gasteiger partial charge in [-0.15, -0.1) is 0 Å². The Kier molecular flexibility index (Phi) is 6.68. The largest absolute Gasteiger partial charge is 0.497 e. The molecule has 0 saturated carbocycles. The van der Waals surface area contributed by atoms with Gasteiger partial charge in [0.15, 0.2) is 6.54 Å². The summed E-state index contributed by atoms with van der Waals surface area (Å²) in [7, 11) is 3.20. The van der Waals surface area contributed by atoms with Gasteiger partial charge in [0.25, 0.3) is 5.91 Å². The molecule has 1 fully saturated rings. The van der Waals surface area contributed by atoms with Gasteiger partial charge in [0.05, 0.1) is 19.9 Å². The molecule has 2 aromatic rings. The van der Waals surface area contributed by atoms with Crippen molar-refractivity contribution in [1.29, 1.82) is 0 Å². The van der Waals surface area contributed by atoms with Crippen LogP contribution in [0.3, 0.4) is 0 Å². The number of carbonyl (C=O) groups is 1. The molecular formula is C21H29N3O3+2. The summed E-state index contributed by atoms with van der Waals surface area (Å²) in [5, 5.41) is 2.96. The van der Waals surface area contributed by atoms with Crippen LogP contribution in [0.2, 0.25) is 0 Å². The second-order valence-corrected chi connectivity index (χ2v) is 6.95. The zero-order valence-corrected chi connectivity index (χ0v) is 16.1. The summed E-state index contributed by atoms with van der Waals surface area (Å²) in [6, 6.07) is 16.0. The molecule has 0 aliphatic carbocycles. The Hall–Kier alpha value is -2.57. The molecule has 0 spiro atoms. The van der Waals surface area contributed by atoms with Crippen molar-refractivity contribution in [3.63, 3.8) is 0 Å². The molecule has 0 bridgehead atoms. The molecular weight excluding hydrogens is 342 g/mol. The quantitative estimate of drug-likeness (QED) is 0.622. The number of anilines is 1. The van der Waals surface area contributed by atoms with Crippen molar-refractivity contribution in [2.45, 2.75) is 6.54 Å². The second kappa shape index (κ2) is 9.39. The fourth-order valence-electron chi connectivity index (χ4n) is 3.53. The molecule has 2 aromatic carbocycles. The Labute approximate surface area is 160 Å². The van der Waals surface area contributed by atoms with E-state index in [-0.39, 0.29) is 5.91 Å². The monoisotopic (exact) mass is 371 g/mol. The molecule has 3 N–H and O–H groups in total. The lowest BCUT2D eigenvalue weighted by Crippen LogP contribution is -3.28. The Morgan fingerprint density at radius 3 is 2.33 bits per heavy atom. The van der Waals surface area contributed by atoms with E-state index in [1.54, 1.807) is 31.3 Å². The molecule has 1 amide bonds. The minimum atomic E-state index is 0.00284. The van der Waals surface area contributed by atoms with E-state index in [2.05, 4.69) is 35.6 Å². The first kappa shape index (κ1) is 19.2. The van der Waals surface area contributed by atoms with Gasteiger partial charge in [0, 0.05) is 11.6 Å². The first-order valence-corrected chi connectivity index (χ1v) is 9.41. The topological polar surface area (TPSA) is 56.4 Å². The minimum Gasteiger partial charge on any atom is -0.497 e. The summed E-state index contributed by atoms with van der Waals surface area (Å²) in [6.45, 7) is 5.70. The smallest absolute Gasteiger partial charge is 0.279 e. The fourth-order valence-corrected chi connectivity index (χ4v) is 3.53. The summed E-state index contributed by atoms with van der Waals surface area (Å²) < 4.78 is 10.6. The molecule has 27 heavy (non-hydrogen) atoms. The Morgan fingerprint density at radius 2 is 1.67 bits per heavy atom. The van der Waals surface area contributed by atoms with Gasteiger partial charge in [0.2, 0.25) is 0 Å². The Morgan fingerprint density at radius 1 is 0.963 bits per heavy atom. The number of ether oxygens (including phenoxy) is 2. The first-order valence-electron chi connectivity index (χ1n) is 9.41. The molecule has 1 aliphatic rings. The van der Waals surface area contributed by atoms with Crippen LogP contribution in [-0.2, 0) is 11.3 Å². The standard InChI is InChI=1S/C21H27N3O3/c1-26-18-8-9-20(27-2)19(14-18)22-21(25)16-24-12-10-23(11-13-24)15-17-6-4-3-5-7-17/h3-9,14H,10-13,15-16H2,1-2H3,(H,22,25)/p+2. The highest BCUT2D eigenvalue weighted by molar-refractivity contribution is 5.93. The van der Waals surface area contributed by atoms with Crippen LogP contribution in [0.25, 0.3) is 0 Å². The van der Waals surface area contributed by atoms with E-state index in [0.29, 0.717) is 23.7 Å². The van der Waals surface area contributed by atoms with Crippen molar-refractivity contribution in [3.05, 3.63) is 54.1 Å². The lowest BCUT2D eigenvalue weighted by atomic mass is 10.2. The predicted molar refractivity (Wildman–Crippen MR) is 105 cm³/mol. The average Bonchev–Trinajstić information content (AvgIpc) is 2.70. The zero-order chi connectivity index (χ0) is 19.1. The third kappa shape index (κ3) is 5.45. The molecule has 6 heteroatoms. The first-order chi connectivity index (χ1) is 13.2. The van der Waals surface area contributed by atoms with E-state index in [0.717, 1.165) is 32.7 Å². The number of nitrogens with one attached hydrogen (secondary N) is 3. The number of quaternary nitrogens is 2. The van der Waals surface area contributed by atoms with E-state index in [9.17, 15) is 4.79 Å². The van der Waals surface area contributed by atoms with Crippen LogP contribution in [0, 0.1) is 0 Å². The summed E-state index contributed by atoms with van der Waals surface area (Å²) in [5.41, 5.74) is 2.02. The number of amides is 1. The van der Waals surface area contributed by atoms with Crippen LogP contribution < -0.4 is 24.6 Å². The van der Waals surface area contributed by atoms with Gasteiger partial charge in [-0.3, -0.25) is 4.79 Å². The van der Waals surface area contributed by atoms with E-state index < -0.39 is 0 Å². The molecule has 3 rings (SSSR count). The summed E-state index contributed by atoms with van der Waals surface area (Å²) in [6.07, 6.45) is 0. The lowest BCUT2D eigenvalue weighted by Gasteiger charge is -2.29. The van der Waals surface area contributed by atoms with Crippen LogP contribution in [0.15, 0.2) is 48.5 Å². The summed E-state index contributed by atoms with van der Waals surface area (Å²) >= 11 is 0. The van der Waals surface area contributed by atoms with Crippen LogP contribution in [0.5, 0.6) is 11.5 Å². The van der Waals surface area contributed by atoms with Crippen LogP contribution in [0.4, 0.5) is 5.69 Å². The van der Waals surface area contributed by atoms with Crippen LogP contribution >= 0.6 is 0 Å². The van der Waals surface area contributed by atoms with Crippen molar-refractivity contribution in [2.24, 2.45) is 0 Å². The number of hydrogen-bond acceptors (Lipinski definition) is 3. The predicted octanol–water partition coefficient (Wildman–Crippen LogP) is -0.374. The molecule has 1 heterocycles. The van der Waals surface area contributed by atoms with Crippen molar-refractivity contribution in [1.82, 2.24) is 0 Å². The normalized spacial score (nSPS) is 19.3. The highest BCUT2D eigenvalue weighted by atomic mass is 16.5. The molecule has 0 atom stereocenters. The van der Waals surface area contributed by atoms with Gasteiger partial charge in [0.1, 0.15) is 44.2 Å². The maximum Gasteiger partial charge on any atom is 0.279 e. The maximum absolute atomic E-state index is 12.5. The molecule has 0 aromatic heterocycles. The van der Waals surface area contributed by atoms with Crippen molar-refractivity contribution in [2.75, 3.05) is 52.3 Å². The van der Waals surface area contributed by atoms with E-state index in [4.69, 9.17) is 9.47 Å². The SMILES string of the molecule is COc1ccc(OC)c(NC(=O)C[NH+]2CC[NH+](Cc3ccccc3)CC2)c1. The van der Waals surface area contributed by atoms with Crippen molar-refractivity contribution < 1.29 is 24.1 Å². The van der Waals surface area contributed by atoms with Gasteiger partial charge in [-0.1, -0.05) is 30.3 Å². The van der Waals surface area contributed by atoms with E-state index in [1.807, 2.05) is 6.07 Å². The third-order valence-corrected chi connectivity index (χ3v) is 5.05. The Balaban J connectivity index is 1.48. The average molecular weight is 371 g/mol. The lowest BCUT2D eigenvalue weighted by molar-refractivity contribution is -1.02. The second-order valence-electron chi connectivity index (χ2n) is 6.95. The van der Waals surface area contributed by atoms with E-state index >= 15 is 0 Å². The number of carbonyl (C=O) groups excluding carboxylic acids is 1. The van der Waals surface area contributed by atoms with Crippen molar-refractivity contribution >= 4 is 11.6 Å². The number of piperazine rings is 1. The summed E-state index contributed by atoms with van der Waals surface area (Å²) in [5.74, 6) is 1.33. The van der Waals surface area contributed by atoms with Gasteiger partial charge in [-0.25, -0.2) is 0 Å². The van der Waals surface area contributed by atoms with Gasteiger partial charge < -0.3 is 24.6 Å². The number of benzene rings is 2. The van der Waals surface area contributed by atoms with Gasteiger partial charge in [-0.05, 0) is 12.1 Å². The zero-order valence-electron chi connectivity index (χ0n) is 16.1. The molecule has 6 nitrogen and oxygen atoms in total. The van der Waals surface area contributed by atoms with Crippen molar-refractivity contribution in [3.8, 4) is 11.5 Å². The number of hydrogen-bond donors (Lipinski definition) is 3. The maximum atomic E-state index is 12.5. The van der Waals surface area contributed by atoms with Crippen LogP contribution in [0.1, 0.15) is 5.56 Å².